The molecule has 3 heterocycles. The van der Waals surface area contributed by atoms with Gasteiger partial charge in [-0.2, -0.15) is 0 Å². The fourth-order valence-corrected chi connectivity index (χ4v) is 4.35. The second-order valence-corrected chi connectivity index (χ2v) is 8.25. The maximum Gasteiger partial charge on any atom is 0.232 e. The Morgan fingerprint density at radius 1 is 1.26 bits per heavy atom. The van der Waals surface area contributed by atoms with Crippen LogP contribution in [-0.2, 0) is 14.3 Å². The van der Waals surface area contributed by atoms with E-state index >= 15 is 0 Å². The summed E-state index contributed by atoms with van der Waals surface area (Å²) in [5, 5.41) is 3.87. The summed E-state index contributed by atoms with van der Waals surface area (Å²) in [6.07, 6.45) is 7.53. The average Bonchev–Trinajstić information content (AvgIpc) is 3.24. The van der Waals surface area contributed by atoms with E-state index in [4.69, 9.17) is 4.74 Å². The highest BCUT2D eigenvalue weighted by Crippen LogP contribution is 2.23. The molecule has 2 aliphatic rings. The van der Waals surface area contributed by atoms with Crippen LogP contribution in [0.5, 0.6) is 0 Å². The molecule has 2 saturated heterocycles. The van der Waals surface area contributed by atoms with Crippen LogP contribution in [0, 0.1) is 5.92 Å². The van der Waals surface area contributed by atoms with Crippen molar-refractivity contribution in [2.75, 3.05) is 32.0 Å². The summed E-state index contributed by atoms with van der Waals surface area (Å²) in [5.41, 5.74) is 0. The first-order valence-electron chi connectivity index (χ1n) is 9.90. The first kappa shape index (κ1) is 20.1. The van der Waals surface area contributed by atoms with E-state index in [2.05, 4.69) is 10.3 Å². The number of nitrogens with one attached hydrogen (secondary N) is 1. The van der Waals surface area contributed by atoms with E-state index in [1.54, 1.807) is 6.20 Å². The number of hydrogen-bond donors (Lipinski definition) is 1. The molecule has 3 rings (SSSR count). The second kappa shape index (κ2) is 10.7. The van der Waals surface area contributed by atoms with Crippen LogP contribution < -0.4 is 5.32 Å². The molecule has 2 fully saturated rings. The number of hydrogen-bond acceptors (Lipinski definition) is 5. The Balaban J connectivity index is 1.28. The summed E-state index contributed by atoms with van der Waals surface area (Å²) in [6.45, 7) is 3.05. The minimum absolute atomic E-state index is 0.121. The monoisotopic (exact) mass is 391 g/mol. The van der Waals surface area contributed by atoms with E-state index in [1.807, 2.05) is 23.1 Å². The highest BCUT2D eigenvalue weighted by Gasteiger charge is 2.23. The maximum absolute atomic E-state index is 12.4. The van der Waals surface area contributed by atoms with Crippen molar-refractivity contribution >= 4 is 23.6 Å². The van der Waals surface area contributed by atoms with Crippen molar-refractivity contribution in [1.82, 2.24) is 15.2 Å². The lowest BCUT2D eigenvalue weighted by molar-refractivity contribution is -0.130. The third kappa shape index (κ3) is 6.81. The lowest BCUT2D eigenvalue weighted by Gasteiger charge is -2.32. The molecule has 1 unspecified atom stereocenters. The Labute approximate surface area is 165 Å². The topological polar surface area (TPSA) is 71.5 Å². The molecule has 7 heteroatoms. The summed E-state index contributed by atoms with van der Waals surface area (Å²) < 4.78 is 5.52. The van der Waals surface area contributed by atoms with Gasteiger partial charge in [0.25, 0.3) is 0 Å². The molecule has 1 aromatic rings. The number of carbonyl (C=O) groups excluding carboxylic acids is 2. The molecule has 0 radical (unpaired) electrons. The number of thioether (sulfide) groups is 1. The van der Waals surface area contributed by atoms with Gasteiger partial charge in [-0.05, 0) is 50.2 Å². The Hall–Kier alpha value is -1.60. The van der Waals surface area contributed by atoms with Gasteiger partial charge in [0.2, 0.25) is 11.8 Å². The fraction of sp³-hybridized carbons (Fsp3) is 0.650. The summed E-state index contributed by atoms with van der Waals surface area (Å²) in [5.74, 6) is 1.27. The van der Waals surface area contributed by atoms with Crippen LogP contribution in [-0.4, -0.2) is 59.8 Å². The van der Waals surface area contributed by atoms with Crippen LogP contribution in [0.25, 0.3) is 0 Å². The third-order valence-electron chi connectivity index (χ3n) is 5.28. The number of nitrogens with zero attached hydrogens (tertiary/aromatic N) is 2. The lowest BCUT2D eigenvalue weighted by Crippen LogP contribution is -2.39. The van der Waals surface area contributed by atoms with Gasteiger partial charge < -0.3 is 15.0 Å². The van der Waals surface area contributed by atoms with Crippen LogP contribution >= 0.6 is 11.8 Å². The predicted octanol–water partition coefficient (Wildman–Crippen LogP) is 2.49. The van der Waals surface area contributed by atoms with Gasteiger partial charge in [0.1, 0.15) is 0 Å². The predicted molar refractivity (Wildman–Crippen MR) is 105 cm³/mol. The van der Waals surface area contributed by atoms with Crippen LogP contribution in [0.15, 0.2) is 29.4 Å². The Morgan fingerprint density at radius 3 is 2.81 bits per heavy atom. The summed E-state index contributed by atoms with van der Waals surface area (Å²) >= 11 is 1.49. The normalized spacial score (nSPS) is 20.6. The van der Waals surface area contributed by atoms with E-state index in [1.165, 1.54) is 11.8 Å². The van der Waals surface area contributed by atoms with Gasteiger partial charge in [0.05, 0.1) is 16.9 Å². The summed E-state index contributed by atoms with van der Waals surface area (Å²) in [4.78, 5) is 30.5. The smallest absolute Gasteiger partial charge is 0.232 e. The van der Waals surface area contributed by atoms with Gasteiger partial charge in [-0.1, -0.05) is 17.8 Å². The molecule has 148 valence electrons. The fourth-order valence-electron chi connectivity index (χ4n) is 3.59. The molecule has 1 atom stereocenters. The third-order valence-corrected chi connectivity index (χ3v) is 6.21. The van der Waals surface area contributed by atoms with Crippen molar-refractivity contribution in [3.63, 3.8) is 0 Å². The quantitative estimate of drug-likeness (QED) is 0.690. The molecule has 2 amide bonds. The van der Waals surface area contributed by atoms with Crippen LogP contribution in [0.1, 0.15) is 38.5 Å². The molecule has 2 aliphatic heterocycles. The number of piperidine rings is 1. The molecular formula is C20H29N3O3S. The number of ether oxygens (including phenoxy) is 1. The largest absolute Gasteiger partial charge is 0.376 e. The summed E-state index contributed by atoms with van der Waals surface area (Å²) in [6, 6.07) is 5.73. The number of amides is 2. The summed E-state index contributed by atoms with van der Waals surface area (Å²) in [7, 11) is 0. The Morgan fingerprint density at radius 2 is 2.11 bits per heavy atom. The molecule has 6 nitrogen and oxygen atoms in total. The molecule has 0 aromatic carbocycles. The Kier molecular flexibility index (Phi) is 7.95. The van der Waals surface area contributed by atoms with Crippen molar-refractivity contribution in [1.29, 1.82) is 0 Å². The number of rotatable bonds is 8. The highest BCUT2D eigenvalue weighted by molar-refractivity contribution is 7.99. The first-order chi connectivity index (χ1) is 13.2. The molecule has 1 N–H and O–H groups in total. The zero-order chi connectivity index (χ0) is 18.9. The maximum atomic E-state index is 12.4. The van der Waals surface area contributed by atoms with Gasteiger partial charge in [-0.25, -0.2) is 4.98 Å². The van der Waals surface area contributed by atoms with Crippen LogP contribution in [0.3, 0.4) is 0 Å². The van der Waals surface area contributed by atoms with Gasteiger partial charge >= 0.3 is 0 Å². The number of carbonyl (C=O) groups is 2. The molecule has 0 spiro atoms. The van der Waals surface area contributed by atoms with E-state index in [-0.39, 0.29) is 17.9 Å². The number of likely N-dealkylation sites (tertiary alicyclic amines) is 1. The van der Waals surface area contributed by atoms with E-state index < -0.39 is 0 Å². The van der Waals surface area contributed by atoms with E-state index in [9.17, 15) is 9.59 Å². The SMILES string of the molecule is O=C(CCC1CCN(C(=O)CSc2ccccn2)CC1)NCC1CCCO1. The minimum atomic E-state index is 0.121. The zero-order valence-corrected chi connectivity index (χ0v) is 16.6. The van der Waals surface area contributed by atoms with Crippen LogP contribution in [0.4, 0.5) is 0 Å². The minimum Gasteiger partial charge on any atom is -0.376 e. The van der Waals surface area contributed by atoms with Crippen molar-refractivity contribution < 1.29 is 14.3 Å². The van der Waals surface area contributed by atoms with Gasteiger partial charge in [0.15, 0.2) is 0 Å². The molecule has 0 saturated carbocycles. The van der Waals surface area contributed by atoms with Gasteiger partial charge in [-0.3, -0.25) is 9.59 Å². The van der Waals surface area contributed by atoms with Gasteiger partial charge in [0, 0.05) is 38.9 Å². The number of pyridine rings is 1. The van der Waals surface area contributed by atoms with Crippen molar-refractivity contribution in [2.45, 2.75) is 49.7 Å². The van der Waals surface area contributed by atoms with Crippen molar-refractivity contribution in [3.05, 3.63) is 24.4 Å². The molecule has 1 aromatic heterocycles. The lowest BCUT2D eigenvalue weighted by atomic mass is 9.92. The Bertz CT molecular complexity index is 600. The van der Waals surface area contributed by atoms with Crippen LogP contribution in [0.2, 0.25) is 0 Å². The molecular weight excluding hydrogens is 362 g/mol. The van der Waals surface area contributed by atoms with Gasteiger partial charge in [-0.15, -0.1) is 0 Å². The molecule has 0 bridgehead atoms. The standard InChI is InChI=1S/C20H29N3O3S/c24-18(22-14-17-4-3-13-26-17)7-6-16-8-11-23(12-9-16)20(25)15-27-19-5-1-2-10-21-19/h1-2,5,10,16-17H,3-4,6-9,11-15H2,(H,22,24). The number of aromatic nitrogens is 1. The van der Waals surface area contributed by atoms with E-state index in [0.717, 1.165) is 56.8 Å². The van der Waals surface area contributed by atoms with E-state index in [0.29, 0.717) is 24.6 Å². The first-order valence-corrected chi connectivity index (χ1v) is 10.9. The van der Waals surface area contributed by atoms with Crippen molar-refractivity contribution in [3.8, 4) is 0 Å². The second-order valence-electron chi connectivity index (χ2n) is 7.26. The zero-order valence-electron chi connectivity index (χ0n) is 15.8. The molecule has 27 heavy (non-hydrogen) atoms. The highest BCUT2D eigenvalue weighted by atomic mass is 32.2. The van der Waals surface area contributed by atoms with Crippen molar-refractivity contribution in [2.24, 2.45) is 5.92 Å². The average molecular weight is 392 g/mol. The molecule has 0 aliphatic carbocycles.